The summed E-state index contributed by atoms with van der Waals surface area (Å²) in [5.41, 5.74) is 3.29. The SMILES string of the molecule is CCOC(=O)c1ccc(Nc2nccc(C(=O)Nc3ccc(CC)cc3)n2)cc1. The second-order valence-electron chi connectivity index (χ2n) is 6.19. The highest BCUT2D eigenvalue weighted by atomic mass is 16.5. The molecule has 0 aliphatic rings. The fraction of sp³-hybridized carbons (Fsp3) is 0.182. The highest BCUT2D eigenvalue weighted by Crippen LogP contribution is 2.16. The van der Waals surface area contributed by atoms with Gasteiger partial charge < -0.3 is 15.4 Å². The largest absolute Gasteiger partial charge is 0.462 e. The van der Waals surface area contributed by atoms with Crippen LogP contribution in [0.1, 0.15) is 40.3 Å². The molecule has 3 rings (SSSR count). The minimum Gasteiger partial charge on any atom is -0.462 e. The van der Waals surface area contributed by atoms with Crippen molar-refractivity contribution in [1.82, 2.24) is 9.97 Å². The molecule has 0 unspecified atom stereocenters. The highest BCUT2D eigenvalue weighted by Gasteiger charge is 2.10. The molecular weight excluding hydrogens is 368 g/mol. The summed E-state index contributed by atoms with van der Waals surface area (Å²) in [6.45, 7) is 4.16. The van der Waals surface area contributed by atoms with Crippen molar-refractivity contribution in [3.05, 3.63) is 77.6 Å². The van der Waals surface area contributed by atoms with Crippen LogP contribution >= 0.6 is 0 Å². The van der Waals surface area contributed by atoms with Crippen LogP contribution in [0.5, 0.6) is 0 Å². The van der Waals surface area contributed by atoms with Crippen LogP contribution in [0.3, 0.4) is 0 Å². The van der Waals surface area contributed by atoms with E-state index in [1.165, 1.54) is 11.8 Å². The van der Waals surface area contributed by atoms with Gasteiger partial charge in [0.1, 0.15) is 5.69 Å². The Morgan fingerprint density at radius 3 is 2.28 bits per heavy atom. The number of rotatable bonds is 7. The molecule has 0 saturated heterocycles. The lowest BCUT2D eigenvalue weighted by atomic mass is 10.1. The number of esters is 1. The average molecular weight is 390 g/mol. The van der Waals surface area contributed by atoms with Crippen molar-refractivity contribution in [3.63, 3.8) is 0 Å². The summed E-state index contributed by atoms with van der Waals surface area (Å²) in [6.07, 6.45) is 2.45. The van der Waals surface area contributed by atoms with Gasteiger partial charge in [-0.2, -0.15) is 0 Å². The molecule has 0 saturated carbocycles. The zero-order valence-electron chi connectivity index (χ0n) is 16.3. The van der Waals surface area contributed by atoms with Gasteiger partial charge in [0.2, 0.25) is 5.95 Å². The van der Waals surface area contributed by atoms with E-state index < -0.39 is 0 Å². The summed E-state index contributed by atoms with van der Waals surface area (Å²) in [6, 6.07) is 16.0. The highest BCUT2D eigenvalue weighted by molar-refractivity contribution is 6.03. The molecule has 2 aromatic carbocycles. The predicted molar refractivity (Wildman–Crippen MR) is 111 cm³/mol. The van der Waals surface area contributed by atoms with Crippen LogP contribution in [0, 0.1) is 0 Å². The van der Waals surface area contributed by atoms with E-state index >= 15 is 0 Å². The number of nitrogens with zero attached hydrogens (tertiary/aromatic N) is 2. The predicted octanol–water partition coefficient (Wildman–Crippen LogP) is 4.21. The number of hydrogen-bond donors (Lipinski definition) is 2. The molecule has 0 aliphatic carbocycles. The molecule has 7 heteroatoms. The maximum atomic E-state index is 12.5. The smallest absolute Gasteiger partial charge is 0.338 e. The molecule has 0 atom stereocenters. The number of carbonyl (C=O) groups excluding carboxylic acids is 2. The Morgan fingerprint density at radius 2 is 1.62 bits per heavy atom. The number of aromatic nitrogens is 2. The Kier molecular flexibility index (Phi) is 6.52. The molecule has 1 aromatic heterocycles. The van der Waals surface area contributed by atoms with Crippen LogP contribution in [0.2, 0.25) is 0 Å². The van der Waals surface area contributed by atoms with Crippen LogP contribution in [-0.4, -0.2) is 28.5 Å². The lowest BCUT2D eigenvalue weighted by Crippen LogP contribution is -2.14. The van der Waals surface area contributed by atoms with Crippen molar-refractivity contribution in [2.75, 3.05) is 17.2 Å². The number of benzene rings is 2. The lowest BCUT2D eigenvalue weighted by molar-refractivity contribution is 0.0526. The van der Waals surface area contributed by atoms with E-state index in [0.717, 1.165) is 6.42 Å². The van der Waals surface area contributed by atoms with E-state index in [9.17, 15) is 9.59 Å². The van der Waals surface area contributed by atoms with Crippen molar-refractivity contribution in [2.45, 2.75) is 20.3 Å². The fourth-order valence-electron chi connectivity index (χ4n) is 2.60. The molecule has 0 bridgehead atoms. The second kappa shape index (κ2) is 9.45. The van der Waals surface area contributed by atoms with Crippen molar-refractivity contribution in [1.29, 1.82) is 0 Å². The van der Waals surface area contributed by atoms with E-state index in [1.54, 1.807) is 37.3 Å². The van der Waals surface area contributed by atoms with Crippen LogP contribution in [0.15, 0.2) is 60.8 Å². The molecule has 0 fully saturated rings. The second-order valence-corrected chi connectivity index (χ2v) is 6.19. The van der Waals surface area contributed by atoms with Crippen molar-refractivity contribution in [3.8, 4) is 0 Å². The Balaban J connectivity index is 1.67. The molecule has 2 N–H and O–H groups in total. The first-order chi connectivity index (χ1) is 14.1. The molecule has 29 heavy (non-hydrogen) atoms. The van der Waals surface area contributed by atoms with E-state index in [-0.39, 0.29) is 23.5 Å². The number of aryl methyl sites for hydroxylation is 1. The van der Waals surface area contributed by atoms with Gasteiger partial charge >= 0.3 is 5.97 Å². The van der Waals surface area contributed by atoms with Crippen LogP contribution in [0.4, 0.5) is 17.3 Å². The maximum Gasteiger partial charge on any atom is 0.338 e. The minimum atomic E-state index is -0.374. The third kappa shape index (κ3) is 5.38. The summed E-state index contributed by atoms with van der Waals surface area (Å²) in [7, 11) is 0. The normalized spacial score (nSPS) is 10.3. The van der Waals surface area contributed by atoms with Crippen molar-refractivity contribution >= 4 is 29.2 Å². The number of hydrogen-bond acceptors (Lipinski definition) is 6. The van der Waals surface area contributed by atoms with Gasteiger partial charge in [-0.3, -0.25) is 4.79 Å². The van der Waals surface area contributed by atoms with Gasteiger partial charge in [-0.05, 0) is 61.4 Å². The molecule has 148 valence electrons. The zero-order chi connectivity index (χ0) is 20.6. The van der Waals surface area contributed by atoms with Crippen LogP contribution in [-0.2, 0) is 11.2 Å². The van der Waals surface area contributed by atoms with Gasteiger partial charge in [0.15, 0.2) is 0 Å². The van der Waals surface area contributed by atoms with Gasteiger partial charge in [0.25, 0.3) is 5.91 Å². The Labute approximate surface area is 169 Å². The topological polar surface area (TPSA) is 93.2 Å². The Hall–Kier alpha value is -3.74. The third-order valence-electron chi connectivity index (χ3n) is 4.16. The molecule has 1 amide bonds. The maximum absolute atomic E-state index is 12.5. The summed E-state index contributed by atoms with van der Waals surface area (Å²) >= 11 is 0. The van der Waals surface area contributed by atoms with Crippen molar-refractivity contribution in [2.24, 2.45) is 0 Å². The van der Waals surface area contributed by atoms with Crippen LogP contribution in [0.25, 0.3) is 0 Å². The van der Waals surface area contributed by atoms with Gasteiger partial charge in [0.05, 0.1) is 12.2 Å². The summed E-state index contributed by atoms with van der Waals surface area (Å²) in [5, 5.41) is 5.85. The van der Waals surface area contributed by atoms with Crippen LogP contribution < -0.4 is 10.6 Å². The number of anilines is 3. The van der Waals surface area contributed by atoms with E-state index in [2.05, 4.69) is 27.5 Å². The quantitative estimate of drug-likeness (QED) is 0.587. The molecule has 7 nitrogen and oxygen atoms in total. The van der Waals surface area contributed by atoms with Gasteiger partial charge in [0, 0.05) is 17.6 Å². The minimum absolute atomic E-state index is 0.241. The first-order valence-corrected chi connectivity index (χ1v) is 9.36. The van der Waals surface area contributed by atoms with E-state index in [0.29, 0.717) is 23.5 Å². The Bertz CT molecular complexity index is 986. The molecular formula is C22H22N4O3. The summed E-state index contributed by atoms with van der Waals surface area (Å²) < 4.78 is 4.96. The average Bonchev–Trinajstić information content (AvgIpc) is 2.75. The van der Waals surface area contributed by atoms with Crippen molar-refractivity contribution < 1.29 is 14.3 Å². The van der Waals surface area contributed by atoms with Gasteiger partial charge in [-0.1, -0.05) is 19.1 Å². The lowest BCUT2D eigenvalue weighted by Gasteiger charge is -2.08. The number of amides is 1. The van der Waals surface area contributed by atoms with E-state index in [1.807, 2.05) is 24.3 Å². The molecule has 0 aliphatic heterocycles. The molecule has 3 aromatic rings. The molecule has 0 radical (unpaired) electrons. The van der Waals surface area contributed by atoms with Gasteiger partial charge in [-0.15, -0.1) is 0 Å². The van der Waals surface area contributed by atoms with E-state index in [4.69, 9.17) is 4.74 Å². The zero-order valence-corrected chi connectivity index (χ0v) is 16.3. The standard InChI is InChI=1S/C22H22N4O3/c1-3-15-5-9-17(10-6-15)24-20(27)19-13-14-23-22(26-19)25-18-11-7-16(8-12-18)21(28)29-4-2/h5-14H,3-4H2,1-2H3,(H,24,27)(H,23,25,26). The fourth-order valence-corrected chi connectivity index (χ4v) is 2.60. The molecule has 1 heterocycles. The number of carbonyl (C=O) groups is 2. The third-order valence-corrected chi connectivity index (χ3v) is 4.16. The Morgan fingerprint density at radius 1 is 0.931 bits per heavy atom. The first kappa shape index (κ1) is 20.0. The molecule has 0 spiro atoms. The van der Waals surface area contributed by atoms with Gasteiger partial charge in [-0.25, -0.2) is 14.8 Å². The first-order valence-electron chi connectivity index (χ1n) is 9.36. The summed E-state index contributed by atoms with van der Waals surface area (Å²) in [4.78, 5) is 32.6. The monoisotopic (exact) mass is 390 g/mol. The number of nitrogens with one attached hydrogen (secondary N) is 2. The summed E-state index contributed by atoms with van der Waals surface area (Å²) in [5.74, 6) is -0.416. The number of ether oxygens (including phenoxy) is 1.